The lowest BCUT2D eigenvalue weighted by molar-refractivity contribution is 0.415. The predicted octanol–water partition coefficient (Wildman–Crippen LogP) is 3.36. The van der Waals surface area contributed by atoms with Crippen molar-refractivity contribution in [3.05, 3.63) is 54.6 Å². The Hall–Kier alpha value is -2.47. The summed E-state index contributed by atoms with van der Waals surface area (Å²) in [6.07, 6.45) is 0. The second-order valence-corrected chi connectivity index (χ2v) is 3.78. The molecule has 0 radical (unpaired) electrons. The van der Waals surface area contributed by atoms with E-state index >= 15 is 0 Å². The van der Waals surface area contributed by atoms with E-state index in [1.54, 1.807) is 7.11 Å². The van der Waals surface area contributed by atoms with Crippen LogP contribution in [0.4, 0.5) is 11.4 Å². The van der Waals surface area contributed by atoms with Gasteiger partial charge in [-0.2, -0.15) is 5.26 Å². The first-order valence-corrected chi connectivity index (χ1v) is 5.69. The SMILES string of the molecule is COc1cccc(N(CC#N)c2ccccc2)c1. The summed E-state index contributed by atoms with van der Waals surface area (Å²) in [7, 11) is 1.64. The van der Waals surface area contributed by atoms with Crippen LogP contribution in [0.25, 0.3) is 0 Å². The van der Waals surface area contributed by atoms with Crippen molar-refractivity contribution >= 4 is 11.4 Å². The smallest absolute Gasteiger partial charge is 0.120 e. The molecule has 0 N–H and O–H groups in total. The minimum Gasteiger partial charge on any atom is -0.497 e. The van der Waals surface area contributed by atoms with Gasteiger partial charge in [0.05, 0.1) is 13.2 Å². The van der Waals surface area contributed by atoms with Gasteiger partial charge in [0.1, 0.15) is 12.3 Å². The molecule has 0 bridgehead atoms. The highest BCUT2D eigenvalue weighted by Crippen LogP contribution is 2.27. The van der Waals surface area contributed by atoms with Crippen molar-refractivity contribution in [2.45, 2.75) is 0 Å². The summed E-state index contributed by atoms with van der Waals surface area (Å²) in [4.78, 5) is 1.95. The van der Waals surface area contributed by atoms with Gasteiger partial charge in [0.2, 0.25) is 0 Å². The number of hydrogen-bond acceptors (Lipinski definition) is 3. The normalized spacial score (nSPS) is 9.56. The van der Waals surface area contributed by atoms with Crippen LogP contribution in [0.2, 0.25) is 0 Å². The Balaban J connectivity index is 2.39. The van der Waals surface area contributed by atoms with Gasteiger partial charge in [-0.1, -0.05) is 24.3 Å². The summed E-state index contributed by atoms with van der Waals surface area (Å²) >= 11 is 0. The number of benzene rings is 2. The average molecular weight is 238 g/mol. The predicted molar refractivity (Wildman–Crippen MR) is 72.1 cm³/mol. The molecule has 2 rings (SSSR count). The fourth-order valence-corrected chi connectivity index (χ4v) is 1.79. The molecule has 18 heavy (non-hydrogen) atoms. The fraction of sp³-hybridized carbons (Fsp3) is 0.133. The van der Waals surface area contributed by atoms with Crippen molar-refractivity contribution < 1.29 is 4.74 Å². The van der Waals surface area contributed by atoms with E-state index in [1.165, 1.54) is 0 Å². The molecule has 0 atom stereocenters. The van der Waals surface area contributed by atoms with Crippen LogP contribution < -0.4 is 9.64 Å². The van der Waals surface area contributed by atoms with E-state index in [9.17, 15) is 0 Å². The lowest BCUT2D eigenvalue weighted by Gasteiger charge is -2.22. The van der Waals surface area contributed by atoms with Gasteiger partial charge in [0, 0.05) is 17.4 Å². The van der Waals surface area contributed by atoms with Crippen molar-refractivity contribution in [3.63, 3.8) is 0 Å². The summed E-state index contributed by atoms with van der Waals surface area (Å²) in [6, 6.07) is 19.7. The zero-order chi connectivity index (χ0) is 12.8. The molecule has 2 aromatic carbocycles. The van der Waals surface area contributed by atoms with Crippen LogP contribution in [0, 0.1) is 11.3 Å². The average Bonchev–Trinajstić information content (AvgIpc) is 2.46. The number of hydrogen-bond donors (Lipinski definition) is 0. The van der Waals surface area contributed by atoms with Gasteiger partial charge < -0.3 is 9.64 Å². The lowest BCUT2D eigenvalue weighted by Crippen LogP contribution is -2.16. The Kier molecular flexibility index (Phi) is 3.83. The Morgan fingerprint density at radius 1 is 1.06 bits per heavy atom. The van der Waals surface area contributed by atoms with Crippen molar-refractivity contribution in [3.8, 4) is 11.8 Å². The Labute approximate surface area is 107 Å². The molecule has 0 aromatic heterocycles. The molecule has 2 aromatic rings. The molecule has 0 unspecified atom stereocenters. The first kappa shape index (κ1) is 12.0. The minimum atomic E-state index is 0.303. The number of rotatable bonds is 4. The van der Waals surface area contributed by atoms with Gasteiger partial charge in [-0.25, -0.2) is 0 Å². The van der Waals surface area contributed by atoms with Crippen LogP contribution in [-0.2, 0) is 0 Å². The molecule has 3 heteroatoms. The van der Waals surface area contributed by atoms with Crippen LogP contribution >= 0.6 is 0 Å². The lowest BCUT2D eigenvalue weighted by atomic mass is 10.2. The molecule has 0 saturated carbocycles. The molecule has 0 aliphatic carbocycles. The van der Waals surface area contributed by atoms with Gasteiger partial charge in [-0.15, -0.1) is 0 Å². The topological polar surface area (TPSA) is 36.3 Å². The standard InChI is InChI=1S/C15H14N2O/c1-18-15-9-5-8-14(12-15)17(11-10-16)13-6-3-2-4-7-13/h2-9,12H,11H2,1H3. The van der Waals surface area contributed by atoms with Gasteiger partial charge in [0.25, 0.3) is 0 Å². The van der Waals surface area contributed by atoms with Gasteiger partial charge in [0.15, 0.2) is 0 Å². The summed E-state index contributed by atoms with van der Waals surface area (Å²) < 4.78 is 5.21. The molecule has 0 aliphatic heterocycles. The monoisotopic (exact) mass is 238 g/mol. The Bertz CT molecular complexity index is 546. The molecule has 0 aliphatic rings. The van der Waals surface area contributed by atoms with Crippen LogP contribution in [-0.4, -0.2) is 13.7 Å². The first-order chi connectivity index (χ1) is 8.85. The maximum absolute atomic E-state index is 8.96. The molecule has 90 valence electrons. The van der Waals surface area contributed by atoms with Gasteiger partial charge in [-0.3, -0.25) is 0 Å². The number of para-hydroxylation sites is 1. The van der Waals surface area contributed by atoms with Crippen molar-refractivity contribution in [2.24, 2.45) is 0 Å². The summed E-state index contributed by atoms with van der Waals surface area (Å²) in [6.45, 7) is 0.303. The molecule has 0 amide bonds. The zero-order valence-corrected chi connectivity index (χ0v) is 10.2. The van der Waals surface area contributed by atoms with E-state index < -0.39 is 0 Å². The minimum absolute atomic E-state index is 0.303. The zero-order valence-electron chi connectivity index (χ0n) is 10.2. The number of anilines is 2. The second kappa shape index (κ2) is 5.74. The third kappa shape index (κ3) is 2.61. The van der Waals surface area contributed by atoms with E-state index in [-0.39, 0.29) is 0 Å². The number of methoxy groups -OCH3 is 1. The second-order valence-electron chi connectivity index (χ2n) is 3.78. The molecule has 3 nitrogen and oxygen atoms in total. The summed E-state index contributed by atoms with van der Waals surface area (Å²) in [5, 5.41) is 8.96. The van der Waals surface area contributed by atoms with Crippen LogP contribution in [0.3, 0.4) is 0 Å². The Morgan fingerprint density at radius 3 is 2.44 bits per heavy atom. The maximum Gasteiger partial charge on any atom is 0.120 e. The molecular weight excluding hydrogens is 224 g/mol. The molecule has 0 fully saturated rings. The van der Waals surface area contributed by atoms with Gasteiger partial charge in [-0.05, 0) is 24.3 Å². The highest BCUT2D eigenvalue weighted by atomic mass is 16.5. The number of nitriles is 1. The van der Waals surface area contributed by atoms with Crippen LogP contribution in [0.1, 0.15) is 0 Å². The quantitative estimate of drug-likeness (QED) is 0.766. The van der Waals surface area contributed by atoms with Crippen LogP contribution in [0.15, 0.2) is 54.6 Å². The van der Waals surface area contributed by atoms with Gasteiger partial charge >= 0.3 is 0 Å². The van der Waals surface area contributed by atoms with Crippen LogP contribution in [0.5, 0.6) is 5.75 Å². The summed E-state index contributed by atoms with van der Waals surface area (Å²) in [5.74, 6) is 0.784. The van der Waals surface area contributed by atoms with Crippen molar-refractivity contribution in [2.75, 3.05) is 18.6 Å². The third-order valence-electron chi connectivity index (χ3n) is 2.66. The molecule has 0 saturated heterocycles. The maximum atomic E-state index is 8.96. The summed E-state index contributed by atoms with van der Waals surface area (Å²) in [5.41, 5.74) is 1.94. The first-order valence-electron chi connectivity index (χ1n) is 5.69. The van der Waals surface area contributed by atoms with Crippen molar-refractivity contribution in [1.29, 1.82) is 5.26 Å². The van der Waals surface area contributed by atoms with E-state index in [2.05, 4.69) is 6.07 Å². The van der Waals surface area contributed by atoms with E-state index in [1.807, 2.05) is 59.5 Å². The van der Waals surface area contributed by atoms with E-state index in [0.717, 1.165) is 17.1 Å². The highest BCUT2D eigenvalue weighted by Gasteiger charge is 2.08. The van der Waals surface area contributed by atoms with E-state index in [4.69, 9.17) is 10.00 Å². The van der Waals surface area contributed by atoms with E-state index in [0.29, 0.717) is 6.54 Å². The number of nitrogens with zero attached hydrogens (tertiary/aromatic N) is 2. The van der Waals surface area contributed by atoms with Crippen molar-refractivity contribution in [1.82, 2.24) is 0 Å². The largest absolute Gasteiger partial charge is 0.497 e. The highest BCUT2D eigenvalue weighted by molar-refractivity contribution is 5.65. The Morgan fingerprint density at radius 2 is 1.78 bits per heavy atom. The fourth-order valence-electron chi connectivity index (χ4n) is 1.79. The molecular formula is C15H14N2O. The molecule has 0 heterocycles. The molecule has 0 spiro atoms. The number of ether oxygens (including phenoxy) is 1. The third-order valence-corrected chi connectivity index (χ3v) is 2.66.